The lowest BCUT2D eigenvalue weighted by molar-refractivity contribution is -0.127. The summed E-state index contributed by atoms with van der Waals surface area (Å²) in [6.45, 7) is 10.9. The van der Waals surface area contributed by atoms with Crippen molar-refractivity contribution in [2.75, 3.05) is 20.6 Å². The van der Waals surface area contributed by atoms with E-state index in [0.717, 1.165) is 13.0 Å². The topological polar surface area (TPSA) is 23.6 Å². The Morgan fingerprint density at radius 3 is 2.23 bits per heavy atom. The highest BCUT2D eigenvalue weighted by Crippen LogP contribution is 2.02. The van der Waals surface area contributed by atoms with E-state index in [2.05, 4.69) is 18.7 Å². The molecule has 3 nitrogen and oxygen atoms in total. The Hall–Kier alpha value is -0.570. The normalized spacial score (nSPS) is 10.5. The number of amides is 1. The number of hydrogen-bond acceptors (Lipinski definition) is 2. The molecule has 1 amide bonds. The Kier molecular flexibility index (Phi) is 6.59. The molecule has 4 radical (unpaired) electrons. The molecule has 3 heteroatoms. The summed E-state index contributed by atoms with van der Waals surface area (Å²) in [6.07, 6.45) is 1.40. The zero-order chi connectivity index (χ0) is 10.3. The van der Waals surface area contributed by atoms with Crippen LogP contribution in [0.15, 0.2) is 0 Å². The number of rotatable bonds is 6. The summed E-state index contributed by atoms with van der Waals surface area (Å²) in [5.74, 6) is 0.0480. The van der Waals surface area contributed by atoms with Crippen LogP contribution in [0, 0.1) is 26.9 Å². The Labute approximate surface area is 81.7 Å². The maximum absolute atomic E-state index is 11.4. The van der Waals surface area contributed by atoms with Gasteiger partial charge in [0.25, 0.3) is 0 Å². The molecule has 0 aromatic heterocycles. The van der Waals surface area contributed by atoms with Crippen molar-refractivity contribution in [1.29, 1.82) is 0 Å². The largest absolute Gasteiger partial charge is 0.333 e. The van der Waals surface area contributed by atoms with Gasteiger partial charge in [-0.1, -0.05) is 0 Å². The molecule has 0 saturated carbocycles. The van der Waals surface area contributed by atoms with E-state index in [1.54, 1.807) is 0 Å². The van der Waals surface area contributed by atoms with Crippen LogP contribution in [0.1, 0.15) is 12.8 Å². The summed E-state index contributed by atoms with van der Waals surface area (Å²) >= 11 is 0. The predicted octanol–water partition coefficient (Wildman–Crippen LogP) is 1.15. The molecular weight excluding hydrogens is 164 g/mol. The van der Waals surface area contributed by atoms with Crippen molar-refractivity contribution in [2.24, 2.45) is 0 Å². The fraction of sp³-hybridized carbons (Fsp3) is 0.500. The minimum atomic E-state index is 0.0480. The highest BCUT2D eigenvalue weighted by molar-refractivity contribution is 5.77. The average molecular weight is 182 g/mol. The van der Waals surface area contributed by atoms with Gasteiger partial charge in [0.05, 0.1) is 13.1 Å². The van der Waals surface area contributed by atoms with Crippen molar-refractivity contribution in [3.05, 3.63) is 26.9 Å². The van der Waals surface area contributed by atoms with E-state index < -0.39 is 0 Å². The van der Waals surface area contributed by atoms with Crippen molar-refractivity contribution in [1.82, 2.24) is 9.80 Å². The lowest BCUT2D eigenvalue weighted by atomic mass is 10.2. The Morgan fingerprint density at radius 1 is 1.31 bits per heavy atom. The molecule has 0 heterocycles. The maximum atomic E-state index is 11.4. The molecule has 74 valence electrons. The van der Waals surface area contributed by atoms with Gasteiger partial charge in [-0.15, -0.1) is 0 Å². The highest BCUT2D eigenvalue weighted by atomic mass is 16.2. The molecular formula is C10H18N2O. The van der Waals surface area contributed by atoms with Crippen molar-refractivity contribution >= 4 is 5.91 Å². The first kappa shape index (κ1) is 12.4. The van der Waals surface area contributed by atoms with Gasteiger partial charge in [0, 0.05) is 6.42 Å². The minimum Gasteiger partial charge on any atom is -0.333 e. The van der Waals surface area contributed by atoms with Crippen molar-refractivity contribution < 1.29 is 4.79 Å². The van der Waals surface area contributed by atoms with Gasteiger partial charge in [-0.2, -0.15) is 0 Å². The number of carbonyl (C=O) groups is 1. The van der Waals surface area contributed by atoms with Gasteiger partial charge in [0.1, 0.15) is 0 Å². The van der Waals surface area contributed by atoms with Crippen LogP contribution in [0.25, 0.3) is 0 Å². The summed E-state index contributed by atoms with van der Waals surface area (Å²) in [5.41, 5.74) is 0. The number of carbonyl (C=O) groups excluding carboxylic acids is 1. The molecule has 0 aliphatic carbocycles. The fourth-order valence-electron chi connectivity index (χ4n) is 0.954. The molecule has 0 spiro atoms. The van der Waals surface area contributed by atoms with E-state index in [4.69, 9.17) is 0 Å². The van der Waals surface area contributed by atoms with E-state index in [9.17, 15) is 4.79 Å². The summed E-state index contributed by atoms with van der Waals surface area (Å²) in [4.78, 5) is 14.8. The molecule has 13 heavy (non-hydrogen) atoms. The highest BCUT2D eigenvalue weighted by Gasteiger charge is 2.09. The van der Waals surface area contributed by atoms with E-state index in [1.165, 1.54) is 18.0 Å². The molecule has 0 rings (SSSR count). The first-order valence-corrected chi connectivity index (χ1v) is 4.32. The summed E-state index contributed by atoms with van der Waals surface area (Å²) in [7, 11) is 3.98. The van der Waals surface area contributed by atoms with Crippen LogP contribution >= 0.6 is 0 Å². The molecule has 0 fully saturated rings. The first-order valence-electron chi connectivity index (χ1n) is 4.32. The molecule has 0 aliphatic rings. The molecule has 0 aromatic carbocycles. The van der Waals surface area contributed by atoms with Crippen LogP contribution in [-0.2, 0) is 4.79 Å². The van der Waals surface area contributed by atoms with Crippen molar-refractivity contribution in [2.45, 2.75) is 12.8 Å². The quantitative estimate of drug-likeness (QED) is 0.615. The van der Waals surface area contributed by atoms with Gasteiger partial charge in [0.2, 0.25) is 5.91 Å². The van der Waals surface area contributed by atoms with Crippen LogP contribution in [0.2, 0.25) is 0 Å². The second kappa shape index (κ2) is 6.89. The molecule has 0 saturated heterocycles. The van der Waals surface area contributed by atoms with Crippen LogP contribution < -0.4 is 0 Å². The van der Waals surface area contributed by atoms with E-state index in [0.29, 0.717) is 6.42 Å². The Morgan fingerprint density at radius 2 is 1.85 bits per heavy atom. The fourth-order valence-corrected chi connectivity index (χ4v) is 0.954. The third-order valence-corrected chi connectivity index (χ3v) is 1.68. The molecule has 0 aliphatic heterocycles. The predicted molar refractivity (Wildman–Crippen MR) is 53.9 cm³/mol. The van der Waals surface area contributed by atoms with E-state index >= 15 is 0 Å². The van der Waals surface area contributed by atoms with E-state index in [1.807, 2.05) is 14.1 Å². The van der Waals surface area contributed by atoms with Crippen LogP contribution in [0.3, 0.4) is 0 Å². The smallest absolute Gasteiger partial charge is 0.223 e. The Balaban J connectivity index is 3.60. The first-order chi connectivity index (χ1) is 6.11. The monoisotopic (exact) mass is 182 g/mol. The molecule has 0 unspecified atom stereocenters. The standard InChI is InChI=1S/C10H18N2O/c1-5-12(6-2)10(13)8-7-9-11(3)4/h5-6H,1-2,7-9H2,3-4H3. The van der Waals surface area contributed by atoms with Gasteiger partial charge in [0.15, 0.2) is 0 Å². The summed E-state index contributed by atoms with van der Waals surface area (Å²) in [6, 6.07) is 0. The van der Waals surface area contributed by atoms with Gasteiger partial charge in [-0.3, -0.25) is 4.79 Å². The van der Waals surface area contributed by atoms with Crippen molar-refractivity contribution in [3.63, 3.8) is 0 Å². The second-order valence-corrected chi connectivity index (χ2v) is 3.07. The number of nitrogens with zero attached hydrogens (tertiary/aromatic N) is 2. The molecule has 0 N–H and O–H groups in total. The SMILES string of the molecule is [CH2][CH]N([CH][CH2])C(=O)CCCN(C)C. The van der Waals surface area contributed by atoms with Crippen LogP contribution in [0.5, 0.6) is 0 Å². The van der Waals surface area contributed by atoms with Gasteiger partial charge in [-0.25, -0.2) is 0 Å². The second-order valence-electron chi connectivity index (χ2n) is 3.07. The zero-order valence-electron chi connectivity index (χ0n) is 8.49. The van der Waals surface area contributed by atoms with Gasteiger partial charge in [-0.05, 0) is 40.9 Å². The minimum absolute atomic E-state index is 0.0480. The third kappa shape index (κ3) is 5.64. The summed E-state index contributed by atoms with van der Waals surface area (Å²) in [5, 5.41) is 0. The summed E-state index contributed by atoms with van der Waals surface area (Å²) < 4.78 is 0. The van der Waals surface area contributed by atoms with Crippen LogP contribution in [-0.4, -0.2) is 36.3 Å². The van der Waals surface area contributed by atoms with E-state index in [-0.39, 0.29) is 5.91 Å². The Bertz CT molecular complexity index is 142. The van der Waals surface area contributed by atoms with Gasteiger partial charge >= 0.3 is 0 Å². The molecule has 0 aromatic rings. The average Bonchev–Trinajstić information content (AvgIpc) is 2.05. The molecule has 0 atom stereocenters. The lowest BCUT2D eigenvalue weighted by Crippen LogP contribution is -2.25. The van der Waals surface area contributed by atoms with Crippen molar-refractivity contribution in [3.8, 4) is 0 Å². The molecule has 0 bridgehead atoms. The van der Waals surface area contributed by atoms with Crippen LogP contribution in [0.4, 0.5) is 0 Å². The maximum Gasteiger partial charge on any atom is 0.223 e. The third-order valence-electron chi connectivity index (χ3n) is 1.68. The van der Waals surface area contributed by atoms with Gasteiger partial charge < -0.3 is 9.80 Å². The lowest BCUT2D eigenvalue weighted by Gasteiger charge is -2.17. The zero-order valence-corrected chi connectivity index (χ0v) is 8.49. The number of hydrogen-bond donors (Lipinski definition) is 0.